The van der Waals surface area contributed by atoms with Gasteiger partial charge in [0.15, 0.2) is 0 Å². The van der Waals surface area contributed by atoms with Crippen molar-refractivity contribution in [2.24, 2.45) is 0 Å². The third kappa shape index (κ3) is 6.64. The predicted octanol–water partition coefficient (Wildman–Crippen LogP) is 5.56. The number of halogens is 1. The standard InChI is InChI=1S/C17H28ClN3/c1-2-3-4-5-6-7-8-9-12-19-16-13-15(18)20-17(21-16)14-10-11-14/h13-14H,2-12H2,1H3,(H,19,20,21). The monoisotopic (exact) mass is 309 g/mol. The van der Waals surface area contributed by atoms with Gasteiger partial charge in [-0.15, -0.1) is 0 Å². The van der Waals surface area contributed by atoms with Crippen molar-refractivity contribution in [3.63, 3.8) is 0 Å². The molecular weight excluding hydrogens is 282 g/mol. The van der Waals surface area contributed by atoms with Crippen LogP contribution in [0, 0.1) is 0 Å². The lowest BCUT2D eigenvalue weighted by Gasteiger charge is -2.07. The Hall–Kier alpha value is -0.830. The van der Waals surface area contributed by atoms with Crippen molar-refractivity contribution < 1.29 is 0 Å². The van der Waals surface area contributed by atoms with Crippen molar-refractivity contribution in [1.29, 1.82) is 0 Å². The van der Waals surface area contributed by atoms with Gasteiger partial charge in [-0.2, -0.15) is 0 Å². The molecule has 118 valence electrons. The molecule has 4 heteroatoms. The van der Waals surface area contributed by atoms with E-state index in [-0.39, 0.29) is 0 Å². The van der Waals surface area contributed by atoms with Gasteiger partial charge in [-0.05, 0) is 19.3 Å². The van der Waals surface area contributed by atoms with E-state index >= 15 is 0 Å². The number of nitrogens with one attached hydrogen (secondary N) is 1. The summed E-state index contributed by atoms with van der Waals surface area (Å²) < 4.78 is 0. The van der Waals surface area contributed by atoms with E-state index in [0.29, 0.717) is 11.1 Å². The molecule has 3 nitrogen and oxygen atoms in total. The maximum Gasteiger partial charge on any atom is 0.135 e. The van der Waals surface area contributed by atoms with Gasteiger partial charge in [0.25, 0.3) is 0 Å². The zero-order valence-corrected chi connectivity index (χ0v) is 14.0. The van der Waals surface area contributed by atoms with Gasteiger partial charge in [0.1, 0.15) is 16.8 Å². The number of unbranched alkanes of at least 4 members (excludes halogenated alkanes) is 7. The van der Waals surface area contributed by atoms with Gasteiger partial charge in [0.2, 0.25) is 0 Å². The summed E-state index contributed by atoms with van der Waals surface area (Å²) in [6.45, 7) is 3.24. The molecule has 0 unspecified atom stereocenters. The molecule has 0 aromatic carbocycles. The van der Waals surface area contributed by atoms with E-state index in [0.717, 1.165) is 18.2 Å². The Kier molecular flexibility index (Phi) is 7.28. The highest BCUT2D eigenvalue weighted by molar-refractivity contribution is 6.29. The number of anilines is 1. The van der Waals surface area contributed by atoms with E-state index in [1.807, 2.05) is 6.07 Å². The van der Waals surface area contributed by atoms with Crippen LogP contribution in [0.3, 0.4) is 0 Å². The highest BCUT2D eigenvalue weighted by atomic mass is 35.5. The fourth-order valence-corrected chi connectivity index (χ4v) is 2.72. The Labute approximate surface area is 133 Å². The number of aromatic nitrogens is 2. The van der Waals surface area contributed by atoms with Gasteiger partial charge in [0.05, 0.1) is 0 Å². The van der Waals surface area contributed by atoms with Crippen molar-refractivity contribution in [1.82, 2.24) is 9.97 Å². The zero-order valence-electron chi connectivity index (χ0n) is 13.2. The van der Waals surface area contributed by atoms with Crippen LogP contribution < -0.4 is 5.32 Å². The topological polar surface area (TPSA) is 37.8 Å². The highest BCUT2D eigenvalue weighted by Gasteiger charge is 2.27. The second-order valence-corrected chi connectivity index (χ2v) is 6.50. The van der Waals surface area contributed by atoms with E-state index in [9.17, 15) is 0 Å². The predicted molar refractivity (Wildman–Crippen MR) is 90.1 cm³/mol. The van der Waals surface area contributed by atoms with Crippen LogP contribution in [0.5, 0.6) is 0 Å². The van der Waals surface area contributed by atoms with Gasteiger partial charge < -0.3 is 5.32 Å². The summed E-state index contributed by atoms with van der Waals surface area (Å²) in [7, 11) is 0. The minimum Gasteiger partial charge on any atom is -0.370 e. The number of hydrogen-bond donors (Lipinski definition) is 1. The molecule has 1 saturated carbocycles. The molecular formula is C17H28ClN3. The lowest BCUT2D eigenvalue weighted by molar-refractivity contribution is 0.581. The molecule has 1 fully saturated rings. The van der Waals surface area contributed by atoms with E-state index in [1.165, 1.54) is 64.2 Å². The van der Waals surface area contributed by atoms with Gasteiger partial charge in [-0.3, -0.25) is 0 Å². The van der Waals surface area contributed by atoms with Crippen LogP contribution in [0.1, 0.15) is 82.9 Å². The largest absolute Gasteiger partial charge is 0.370 e. The Bertz CT molecular complexity index is 418. The average Bonchev–Trinajstić information content (AvgIpc) is 3.29. The maximum absolute atomic E-state index is 6.05. The lowest BCUT2D eigenvalue weighted by Crippen LogP contribution is -2.05. The average molecular weight is 310 g/mol. The minimum absolute atomic E-state index is 0.548. The molecule has 21 heavy (non-hydrogen) atoms. The van der Waals surface area contributed by atoms with Crippen LogP contribution in [0.2, 0.25) is 5.15 Å². The van der Waals surface area contributed by atoms with Crippen molar-refractivity contribution >= 4 is 17.4 Å². The molecule has 2 rings (SSSR count). The Balaban J connectivity index is 1.56. The first-order valence-corrected chi connectivity index (χ1v) is 8.95. The molecule has 0 spiro atoms. The van der Waals surface area contributed by atoms with Gasteiger partial charge >= 0.3 is 0 Å². The Morgan fingerprint density at radius 3 is 2.38 bits per heavy atom. The number of rotatable bonds is 11. The molecule has 1 aromatic heterocycles. The second-order valence-electron chi connectivity index (χ2n) is 6.11. The minimum atomic E-state index is 0.548. The van der Waals surface area contributed by atoms with E-state index < -0.39 is 0 Å². The van der Waals surface area contributed by atoms with Crippen LogP contribution in [-0.2, 0) is 0 Å². The summed E-state index contributed by atoms with van der Waals surface area (Å²) >= 11 is 6.05. The highest BCUT2D eigenvalue weighted by Crippen LogP contribution is 2.38. The van der Waals surface area contributed by atoms with Gasteiger partial charge in [-0.25, -0.2) is 9.97 Å². The first kappa shape index (κ1) is 16.5. The third-order valence-corrected chi connectivity index (χ3v) is 4.18. The number of hydrogen-bond acceptors (Lipinski definition) is 3. The third-order valence-electron chi connectivity index (χ3n) is 3.99. The van der Waals surface area contributed by atoms with Crippen LogP contribution in [0.25, 0.3) is 0 Å². The number of nitrogens with zero attached hydrogens (tertiary/aromatic N) is 2. The van der Waals surface area contributed by atoms with Crippen LogP contribution in [-0.4, -0.2) is 16.5 Å². The van der Waals surface area contributed by atoms with E-state index in [2.05, 4.69) is 22.2 Å². The quantitative estimate of drug-likeness (QED) is 0.429. The van der Waals surface area contributed by atoms with Crippen molar-refractivity contribution in [3.8, 4) is 0 Å². The summed E-state index contributed by atoms with van der Waals surface area (Å²) in [6, 6.07) is 1.83. The molecule has 0 saturated heterocycles. The summed E-state index contributed by atoms with van der Waals surface area (Å²) in [5.41, 5.74) is 0. The molecule has 0 radical (unpaired) electrons. The van der Waals surface area contributed by atoms with E-state index in [1.54, 1.807) is 0 Å². The Morgan fingerprint density at radius 2 is 1.71 bits per heavy atom. The smallest absolute Gasteiger partial charge is 0.135 e. The maximum atomic E-state index is 6.05. The van der Waals surface area contributed by atoms with Crippen molar-refractivity contribution in [3.05, 3.63) is 17.0 Å². The molecule has 1 aliphatic carbocycles. The lowest BCUT2D eigenvalue weighted by atomic mass is 10.1. The van der Waals surface area contributed by atoms with Crippen LogP contribution in [0.15, 0.2) is 6.07 Å². The molecule has 1 N–H and O–H groups in total. The van der Waals surface area contributed by atoms with Gasteiger partial charge in [-0.1, -0.05) is 63.5 Å². The van der Waals surface area contributed by atoms with Crippen LogP contribution >= 0.6 is 11.6 Å². The van der Waals surface area contributed by atoms with Crippen molar-refractivity contribution in [2.45, 2.75) is 77.0 Å². The Morgan fingerprint density at radius 1 is 1.05 bits per heavy atom. The molecule has 0 amide bonds. The molecule has 1 heterocycles. The van der Waals surface area contributed by atoms with Gasteiger partial charge in [0, 0.05) is 18.5 Å². The summed E-state index contributed by atoms with van der Waals surface area (Å²) in [5, 5.41) is 3.94. The molecule has 0 atom stereocenters. The summed E-state index contributed by atoms with van der Waals surface area (Å²) in [5.74, 6) is 2.35. The molecule has 0 aliphatic heterocycles. The SMILES string of the molecule is CCCCCCCCCCNc1cc(Cl)nc(C2CC2)n1. The van der Waals surface area contributed by atoms with E-state index in [4.69, 9.17) is 11.6 Å². The first-order valence-electron chi connectivity index (χ1n) is 8.58. The van der Waals surface area contributed by atoms with Crippen molar-refractivity contribution in [2.75, 3.05) is 11.9 Å². The first-order chi connectivity index (χ1) is 10.3. The normalized spacial score (nSPS) is 14.4. The molecule has 1 aromatic rings. The summed E-state index contributed by atoms with van der Waals surface area (Å²) in [4.78, 5) is 8.86. The molecule has 0 bridgehead atoms. The van der Waals surface area contributed by atoms with Crippen LogP contribution in [0.4, 0.5) is 5.82 Å². The summed E-state index contributed by atoms with van der Waals surface area (Å²) in [6.07, 6.45) is 13.2. The molecule has 1 aliphatic rings. The zero-order chi connectivity index (χ0) is 14.9. The second kappa shape index (κ2) is 9.24. The fourth-order valence-electron chi connectivity index (χ4n) is 2.53. The fraction of sp³-hybridized carbons (Fsp3) is 0.765.